The number of pyridine rings is 1. The molecule has 1 amide bonds. The van der Waals surface area contributed by atoms with Crippen LogP contribution >= 0.6 is 0 Å². The number of aromatic nitrogens is 1. The van der Waals surface area contributed by atoms with Crippen LogP contribution in [0.25, 0.3) is 0 Å². The van der Waals surface area contributed by atoms with Crippen LogP contribution in [0, 0.1) is 0 Å². The first-order valence-electron chi connectivity index (χ1n) is 9.24. The number of carboxylic acid groups (broad SMARTS) is 1. The maximum atomic E-state index is 12.6. The summed E-state index contributed by atoms with van der Waals surface area (Å²) in [6.07, 6.45) is 4.82. The Bertz CT molecular complexity index is 904. The first-order valence-corrected chi connectivity index (χ1v) is 9.24. The standard InChI is InChI=1S/C21H24N2O4/c1-21(20(26)27,15-9-5-3-6-10-15)13-22-18(24)16-12-14-8-4-2-7-11-17(14)23-19(16)25/h3,5-6,9-10,12H,2,4,7-8,11,13H2,1H3,(H,22,24)(H,23,25)(H,26,27). The highest BCUT2D eigenvalue weighted by molar-refractivity contribution is 5.94. The van der Waals surface area contributed by atoms with E-state index in [9.17, 15) is 19.5 Å². The molecule has 3 rings (SSSR count). The lowest BCUT2D eigenvalue weighted by atomic mass is 9.82. The molecule has 0 radical (unpaired) electrons. The van der Waals surface area contributed by atoms with Gasteiger partial charge in [0.1, 0.15) is 11.0 Å². The van der Waals surface area contributed by atoms with Crippen LogP contribution in [0.3, 0.4) is 0 Å². The summed E-state index contributed by atoms with van der Waals surface area (Å²) < 4.78 is 0. The highest BCUT2D eigenvalue weighted by Gasteiger charge is 2.35. The molecule has 0 fully saturated rings. The van der Waals surface area contributed by atoms with Gasteiger partial charge in [-0.25, -0.2) is 0 Å². The summed E-state index contributed by atoms with van der Waals surface area (Å²) in [4.78, 5) is 39.6. The second-order valence-corrected chi connectivity index (χ2v) is 7.26. The molecule has 1 aromatic carbocycles. The molecule has 0 saturated carbocycles. The molecule has 1 atom stereocenters. The molecule has 1 aliphatic carbocycles. The maximum Gasteiger partial charge on any atom is 0.315 e. The average molecular weight is 368 g/mol. The first kappa shape index (κ1) is 18.9. The lowest BCUT2D eigenvalue weighted by Gasteiger charge is -2.25. The van der Waals surface area contributed by atoms with Gasteiger partial charge in [-0.15, -0.1) is 0 Å². The summed E-state index contributed by atoms with van der Waals surface area (Å²) in [6, 6.07) is 10.4. The third-order valence-electron chi connectivity index (χ3n) is 5.32. The predicted molar refractivity (Wildman–Crippen MR) is 102 cm³/mol. The lowest BCUT2D eigenvalue weighted by Crippen LogP contribution is -2.45. The summed E-state index contributed by atoms with van der Waals surface area (Å²) in [5, 5.41) is 12.3. The summed E-state index contributed by atoms with van der Waals surface area (Å²) in [5.41, 5.74) is 0.833. The minimum absolute atomic E-state index is 0.0384. The number of nitrogens with one attached hydrogen (secondary N) is 2. The van der Waals surface area contributed by atoms with Crippen molar-refractivity contribution in [2.24, 2.45) is 0 Å². The number of aromatic amines is 1. The number of carboxylic acids is 1. The van der Waals surface area contributed by atoms with Crippen molar-refractivity contribution in [3.05, 3.63) is 69.1 Å². The van der Waals surface area contributed by atoms with E-state index >= 15 is 0 Å². The summed E-state index contributed by atoms with van der Waals surface area (Å²) in [7, 11) is 0. The van der Waals surface area contributed by atoms with Crippen LogP contribution < -0.4 is 10.9 Å². The van der Waals surface area contributed by atoms with E-state index in [1.54, 1.807) is 43.3 Å². The number of hydrogen-bond donors (Lipinski definition) is 3. The highest BCUT2D eigenvalue weighted by Crippen LogP contribution is 2.23. The number of hydrogen-bond acceptors (Lipinski definition) is 3. The fourth-order valence-corrected chi connectivity index (χ4v) is 3.48. The van der Waals surface area contributed by atoms with E-state index in [0.29, 0.717) is 5.56 Å². The van der Waals surface area contributed by atoms with Gasteiger partial charge in [0.05, 0.1) is 0 Å². The van der Waals surface area contributed by atoms with Crippen molar-refractivity contribution in [2.75, 3.05) is 6.54 Å². The van der Waals surface area contributed by atoms with Crippen molar-refractivity contribution < 1.29 is 14.7 Å². The van der Waals surface area contributed by atoms with Gasteiger partial charge in [0.15, 0.2) is 0 Å². The number of rotatable bonds is 5. The van der Waals surface area contributed by atoms with Gasteiger partial charge in [0.2, 0.25) is 0 Å². The number of fused-ring (bicyclic) bond motifs is 1. The minimum Gasteiger partial charge on any atom is -0.481 e. The number of carbonyl (C=O) groups is 2. The highest BCUT2D eigenvalue weighted by atomic mass is 16.4. The lowest BCUT2D eigenvalue weighted by molar-refractivity contribution is -0.142. The molecule has 3 N–H and O–H groups in total. The van der Waals surface area contributed by atoms with Crippen molar-refractivity contribution in [1.29, 1.82) is 0 Å². The van der Waals surface area contributed by atoms with E-state index in [4.69, 9.17) is 0 Å². The van der Waals surface area contributed by atoms with Crippen molar-refractivity contribution in [3.63, 3.8) is 0 Å². The van der Waals surface area contributed by atoms with Gasteiger partial charge in [-0.1, -0.05) is 36.8 Å². The summed E-state index contributed by atoms with van der Waals surface area (Å²) in [5.74, 6) is -1.59. The molecule has 27 heavy (non-hydrogen) atoms. The summed E-state index contributed by atoms with van der Waals surface area (Å²) >= 11 is 0. The van der Waals surface area contributed by atoms with Gasteiger partial charge in [0, 0.05) is 12.2 Å². The molecule has 6 heteroatoms. The Morgan fingerprint density at radius 1 is 1.15 bits per heavy atom. The number of aryl methyl sites for hydroxylation is 2. The number of aliphatic carboxylic acids is 1. The minimum atomic E-state index is -1.28. The quantitative estimate of drug-likeness (QED) is 0.706. The fraction of sp³-hybridized carbons (Fsp3) is 0.381. The van der Waals surface area contributed by atoms with Crippen molar-refractivity contribution >= 4 is 11.9 Å². The van der Waals surface area contributed by atoms with E-state index in [-0.39, 0.29) is 12.1 Å². The van der Waals surface area contributed by atoms with Crippen LogP contribution in [0.1, 0.15) is 53.4 Å². The molecule has 0 saturated heterocycles. The molecular formula is C21H24N2O4. The predicted octanol–water partition coefficient (Wildman–Crippen LogP) is 2.42. The molecule has 0 aliphatic heterocycles. The number of benzene rings is 1. The van der Waals surface area contributed by atoms with Gasteiger partial charge < -0.3 is 15.4 Å². The SMILES string of the molecule is CC(CNC(=O)c1cc2c([nH]c1=O)CCCCC2)(C(=O)O)c1ccccc1. The Kier molecular flexibility index (Phi) is 5.44. The van der Waals surface area contributed by atoms with E-state index < -0.39 is 22.9 Å². The van der Waals surface area contributed by atoms with Gasteiger partial charge in [-0.05, 0) is 49.8 Å². The molecule has 0 bridgehead atoms. The number of carbonyl (C=O) groups excluding carboxylic acids is 1. The van der Waals surface area contributed by atoms with Crippen LogP contribution in [0.5, 0.6) is 0 Å². The Morgan fingerprint density at radius 2 is 1.85 bits per heavy atom. The molecule has 0 spiro atoms. The molecule has 142 valence electrons. The van der Waals surface area contributed by atoms with E-state index in [2.05, 4.69) is 10.3 Å². The topological polar surface area (TPSA) is 99.3 Å². The van der Waals surface area contributed by atoms with Crippen LogP contribution in [0.4, 0.5) is 0 Å². The second-order valence-electron chi connectivity index (χ2n) is 7.26. The second kappa shape index (κ2) is 7.78. The molecule has 2 aromatic rings. The average Bonchev–Trinajstić information content (AvgIpc) is 2.90. The Hall–Kier alpha value is -2.89. The molecule has 6 nitrogen and oxygen atoms in total. The van der Waals surface area contributed by atoms with Crippen LogP contribution in [0.15, 0.2) is 41.2 Å². The van der Waals surface area contributed by atoms with Crippen molar-refractivity contribution in [1.82, 2.24) is 10.3 Å². The van der Waals surface area contributed by atoms with Gasteiger partial charge in [0.25, 0.3) is 11.5 Å². The molecule has 1 aliphatic rings. The maximum absolute atomic E-state index is 12.6. The Labute approximate surface area is 157 Å². The van der Waals surface area contributed by atoms with Crippen LogP contribution in [-0.4, -0.2) is 28.5 Å². The number of amides is 1. The van der Waals surface area contributed by atoms with Gasteiger partial charge in [-0.2, -0.15) is 0 Å². The van der Waals surface area contributed by atoms with E-state index in [0.717, 1.165) is 43.4 Å². The van der Waals surface area contributed by atoms with Gasteiger partial charge >= 0.3 is 5.97 Å². The zero-order chi connectivity index (χ0) is 19.4. The van der Waals surface area contributed by atoms with Crippen molar-refractivity contribution in [3.8, 4) is 0 Å². The monoisotopic (exact) mass is 368 g/mol. The molecular weight excluding hydrogens is 344 g/mol. The molecule has 1 aromatic heterocycles. The van der Waals surface area contributed by atoms with E-state index in [1.165, 1.54) is 0 Å². The van der Waals surface area contributed by atoms with Crippen LogP contribution in [0.2, 0.25) is 0 Å². The fourth-order valence-electron chi connectivity index (χ4n) is 3.48. The van der Waals surface area contributed by atoms with Crippen molar-refractivity contribution in [2.45, 2.75) is 44.4 Å². The third-order valence-corrected chi connectivity index (χ3v) is 5.32. The summed E-state index contributed by atoms with van der Waals surface area (Å²) in [6.45, 7) is 1.45. The Balaban J connectivity index is 1.82. The Morgan fingerprint density at radius 3 is 2.56 bits per heavy atom. The molecule has 1 heterocycles. The zero-order valence-corrected chi connectivity index (χ0v) is 15.4. The first-order chi connectivity index (χ1) is 12.9. The van der Waals surface area contributed by atoms with Crippen LogP contribution in [-0.2, 0) is 23.1 Å². The third kappa shape index (κ3) is 3.94. The van der Waals surface area contributed by atoms with Gasteiger partial charge in [-0.3, -0.25) is 14.4 Å². The largest absolute Gasteiger partial charge is 0.481 e. The molecule has 1 unspecified atom stereocenters. The smallest absolute Gasteiger partial charge is 0.315 e. The zero-order valence-electron chi connectivity index (χ0n) is 15.4. The number of H-pyrrole nitrogens is 1. The normalized spacial score (nSPS) is 15.9. The van der Waals surface area contributed by atoms with E-state index in [1.807, 2.05) is 0 Å².